The first-order valence-electron chi connectivity index (χ1n) is 5.93. The van der Waals surface area contributed by atoms with Crippen LogP contribution < -0.4 is 11.1 Å². The van der Waals surface area contributed by atoms with E-state index in [9.17, 15) is 13.6 Å². The summed E-state index contributed by atoms with van der Waals surface area (Å²) in [6, 6.07) is 2.97. The van der Waals surface area contributed by atoms with E-state index in [1.54, 1.807) is 0 Å². The molecule has 0 bridgehead atoms. The van der Waals surface area contributed by atoms with Gasteiger partial charge in [0.25, 0.3) is 5.91 Å². The lowest BCUT2D eigenvalue weighted by molar-refractivity contribution is 0.0919. The summed E-state index contributed by atoms with van der Waals surface area (Å²) >= 11 is 4.97. The van der Waals surface area contributed by atoms with E-state index < -0.39 is 23.1 Å². The zero-order valence-electron chi connectivity index (χ0n) is 10.8. The molecule has 0 fully saturated rings. The van der Waals surface area contributed by atoms with Crippen LogP contribution in [0.25, 0.3) is 0 Å². The van der Waals surface area contributed by atoms with Gasteiger partial charge in [0, 0.05) is 5.56 Å². The number of halogens is 2. The predicted octanol–water partition coefficient (Wildman–Crippen LogP) is 2.54. The number of hydrogen-bond acceptors (Lipinski definition) is 2. The van der Waals surface area contributed by atoms with Crippen molar-refractivity contribution in [2.24, 2.45) is 5.73 Å². The van der Waals surface area contributed by atoms with Gasteiger partial charge in [0.15, 0.2) is 11.6 Å². The van der Waals surface area contributed by atoms with Gasteiger partial charge in [-0.2, -0.15) is 0 Å². The Morgan fingerprint density at radius 2 is 1.89 bits per heavy atom. The van der Waals surface area contributed by atoms with E-state index in [0.717, 1.165) is 12.1 Å². The van der Waals surface area contributed by atoms with Crippen LogP contribution in [0.3, 0.4) is 0 Å². The van der Waals surface area contributed by atoms with Crippen molar-refractivity contribution < 1.29 is 13.6 Å². The smallest absolute Gasteiger partial charge is 0.252 e. The summed E-state index contributed by atoms with van der Waals surface area (Å²) < 4.78 is 25.9. The van der Waals surface area contributed by atoms with Gasteiger partial charge in [-0.25, -0.2) is 8.78 Å². The maximum absolute atomic E-state index is 13.1. The first-order valence-corrected chi connectivity index (χ1v) is 6.34. The molecule has 0 radical (unpaired) electrons. The first-order chi connectivity index (χ1) is 8.86. The maximum atomic E-state index is 13.1. The van der Waals surface area contributed by atoms with Crippen molar-refractivity contribution in [3.05, 3.63) is 35.4 Å². The topological polar surface area (TPSA) is 55.1 Å². The molecule has 0 aliphatic rings. The van der Waals surface area contributed by atoms with Crippen LogP contribution in [-0.4, -0.2) is 16.4 Å². The van der Waals surface area contributed by atoms with E-state index in [1.165, 1.54) is 6.07 Å². The summed E-state index contributed by atoms with van der Waals surface area (Å²) in [4.78, 5) is 12.2. The lowest BCUT2D eigenvalue weighted by atomic mass is 9.92. The number of rotatable bonds is 5. The number of carbonyl (C=O) groups excluding carboxylic acids is 1. The Bertz CT molecular complexity index is 501. The minimum Gasteiger partial charge on any atom is -0.391 e. The molecule has 1 aromatic carbocycles. The quantitative estimate of drug-likeness (QED) is 0.818. The van der Waals surface area contributed by atoms with Crippen LogP contribution >= 0.6 is 12.2 Å². The third-order valence-corrected chi connectivity index (χ3v) is 3.60. The number of hydrogen-bond donors (Lipinski definition) is 2. The number of amides is 1. The van der Waals surface area contributed by atoms with Crippen LogP contribution in [0.15, 0.2) is 18.2 Å². The molecular weight excluding hydrogens is 270 g/mol. The maximum Gasteiger partial charge on any atom is 0.252 e. The minimum atomic E-state index is -1.07. The van der Waals surface area contributed by atoms with Crippen molar-refractivity contribution in [3.8, 4) is 0 Å². The largest absolute Gasteiger partial charge is 0.391 e. The number of thiocarbonyl (C=S) groups is 1. The lowest BCUT2D eigenvalue weighted by Gasteiger charge is -2.31. The third kappa shape index (κ3) is 3.26. The molecule has 104 valence electrons. The first kappa shape index (κ1) is 15.5. The molecule has 1 amide bonds. The molecule has 19 heavy (non-hydrogen) atoms. The van der Waals surface area contributed by atoms with Gasteiger partial charge in [-0.15, -0.1) is 0 Å². The molecule has 0 atom stereocenters. The van der Waals surface area contributed by atoms with Gasteiger partial charge in [0.1, 0.15) is 0 Å². The van der Waals surface area contributed by atoms with E-state index in [2.05, 4.69) is 5.32 Å². The molecule has 0 saturated carbocycles. The molecular formula is C13H16F2N2OS. The SMILES string of the molecule is CCC(CC)(NC(=O)c1ccc(F)c(F)c1)C(N)=S. The van der Waals surface area contributed by atoms with E-state index in [0.29, 0.717) is 12.8 Å². The highest BCUT2D eigenvalue weighted by atomic mass is 32.1. The van der Waals surface area contributed by atoms with Gasteiger partial charge in [-0.05, 0) is 31.0 Å². The number of carbonyl (C=O) groups is 1. The van der Waals surface area contributed by atoms with Crippen molar-refractivity contribution in [1.82, 2.24) is 5.32 Å². The summed E-state index contributed by atoms with van der Waals surface area (Å²) in [5.41, 5.74) is 4.88. The van der Waals surface area contributed by atoms with Crippen molar-refractivity contribution in [2.45, 2.75) is 32.2 Å². The summed E-state index contributed by atoms with van der Waals surface area (Å²) in [5, 5.41) is 2.70. The van der Waals surface area contributed by atoms with Crippen LogP contribution in [0, 0.1) is 11.6 Å². The fourth-order valence-electron chi connectivity index (χ4n) is 1.76. The normalized spacial score (nSPS) is 11.2. The minimum absolute atomic E-state index is 0.0291. The van der Waals surface area contributed by atoms with E-state index in [4.69, 9.17) is 18.0 Å². The van der Waals surface area contributed by atoms with Gasteiger partial charge < -0.3 is 11.1 Å². The molecule has 0 saturated heterocycles. The summed E-state index contributed by atoms with van der Waals surface area (Å²) in [7, 11) is 0. The summed E-state index contributed by atoms with van der Waals surface area (Å²) in [6.45, 7) is 3.68. The highest BCUT2D eigenvalue weighted by Crippen LogP contribution is 2.17. The highest BCUT2D eigenvalue weighted by molar-refractivity contribution is 7.80. The highest BCUT2D eigenvalue weighted by Gasteiger charge is 2.31. The van der Waals surface area contributed by atoms with Gasteiger partial charge in [-0.1, -0.05) is 26.1 Å². The van der Waals surface area contributed by atoms with Crippen molar-refractivity contribution >= 4 is 23.1 Å². The van der Waals surface area contributed by atoms with E-state index in [1.807, 2.05) is 13.8 Å². The molecule has 3 nitrogen and oxygen atoms in total. The molecule has 0 aromatic heterocycles. The second-order valence-corrected chi connectivity index (χ2v) is 4.68. The van der Waals surface area contributed by atoms with Crippen molar-refractivity contribution in [1.29, 1.82) is 0 Å². The van der Waals surface area contributed by atoms with Gasteiger partial charge in [-0.3, -0.25) is 4.79 Å². The number of nitrogens with two attached hydrogens (primary N) is 1. The van der Waals surface area contributed by atoms with Gasteiger partial charge in [0.2, 0.25) is 0 Å². The Morgan fingerprint density at radius 1 is 1.32 bits per heavy atom. The Morgan fingerprint density at radius 3 is 2.32 bits per heavy atom. The van der Waals surface area contributed by atoms with E-state index in [-0.39, 0.29) is 10.6 Å². The summed E-state index contributed by atoms with van der Waals surface area (Å²) in [5.74, 6) is -2.60. The molecule has 1 aromatic rings. The van der Waals surface area contributed by atoms with Crippen LogP contribution in [-0.2, 0) is 0 Å². The van der Waals surface area contributed by atoms with Crippen LogP contribution in [0.5, 0.6) is 0 Å². The molecule has 1 rings (SSSR count). The van der Waals surface area contributed by atoms with Crippen molar-refractivity contribution in [3.63, 3.8) is 0 Å². The Hall–Kier alpha value is -1.56. The number of benzene rings is 1. The lowest BCUT2D eigenvalue weighted by Crippen LogP contribution is -2.56. The second kappa shape index (κ2) is 6.06. The average molecular weight is 286 g/mol. The average Bonchev–Trinajstić information content (AvgIpc) is 2.38. The molecule has 6 heteroatoms. The number of nitrogens with one attached hydrogen (secondary N) is 1. The predicted molar refractivity (Wildman–Crippen MR) is 73.9 cm³/mol. The Labute approximate surface area is 116 Å². The molecule has 0 unspecified atom stereocenters. The zero-order valence-corrected chi connectivity index (χ0v) is 11.6. The molecule has 0 aliphatic carbocycles. The van der Waals surface area contributed by atoms with Crippen LogP contribution in [0.1, 0.15) is 37.0 Å². The molecule has 0 aliphatic heterocycles. The molecule has 3 N–H and O–H groups in total. The fourth-order valence-corrected chi connectivity index (χ4v) is 2.10. The second-order valence-electron chi connectivity index (χ2n) is 4.24. The monoisotopic (exact) mass is 286 g/mol. The molecule has 0 heterocycles. The van der Waals surface area contributed by atoms with E-state index >= 15 is 0 Å². The Balaban J connectivity index is 3.00. The fraction of sp³-hybridized carbons (Fsp3) is 0.385. The Kier molecular flexibility index (Phi) is 4.94. The summed E-state index contributed by atoms with van der Waals surface area (Å²) in [6.07, 6.45) is 1.04. The standard InChI is InChI=1S/C13H16F2N2OS/c1-3-13(4-2,12(16)19)17-11(18)8-5-6-9(14)10(15)7-8/h5-7H,3-4H2,1-2H3,(H2,16,19)(H,17,18). The third-order valence-electron chi connectivity index (χ3n) is 3.21. The van der Waals surface area contributed by atoms with Crippen LogP contribution in [0.4, 0.5) is 8.78 Å². The zero-order chi connectivity index (χ0) is 14.6. The van der Waals surface area contributed by atoms with Gasteiger partial charge >= 0.3 is 0 Å². The van der Waals surface area contributed by atoms with Crippen molar-refractivity contribution in [2.75, 3.05) is 0 Å². The van der Waals surface area contributed by atoms with Gasteiger partial charge in [0.05, 0.1) is 10.5 Å². The molecule has 0 spiro atoms. The van der Waals surface area contributed by atoms with Crippen LogP contribution in [0.2, 0.25) is 0 Å².